The molecule has 0 spiro atoms. The molecule has 0 heterocycles. The van der Waals surface area contributed by atoms with Gasteiger partial charge in [-0.2, -0.15) is 0 Å². The summed E-state index contributed by atoms with van der Waals surface area (Å²) in [4.78, 5) is 10.8. The number of hydrogen-bond donors (Lipinski definition) is 1. The fraction of sp³-hybridized carbons (Fsp3) is 0.133. The van der Waals surface area contributed by atoms with Gasteiger partial charge in [0.1, 0.15) is 5.82 Å². The van der Waals surface area contributed by atoms with E-state index in [0.29, 0.717) is 5.56 Å². The quantitative estimate of drug-likeness (QED) is 0.864. The van der Waals surface area contributed by atoms with E-state index in [1.165, 1.54) is 12.1 Å². The standard InChI is InChI=1S/C15H11F3O2/c1-8(15(19)20)12-11(16)7-10(13(17)14(12)18)9-5-3-2-4-6-9/h2-8H,1H3,(H,19,20). The zero-order valence-electron chi connectivity index (χ0n) is 10.5. The predicted octanol–water partition coefficient (Wildman–Crippen LogP) is 3.96. The molecular weight excluding hydrogens is 269 g/mol. The first-order valence-electron chi connectivity index (χ1n) is 5.89. The Balaban J connectivity index is 2.64. The minimum atomic E-state index is -1.46. The van der Waals surface area contributed by atoms with E-state index in [1.54, 1.807) is 18.2 Å². The van der Waals surface area contributed by atoms with Gasteiger partial charge in [-0.25, -0.2) is 13.2 Å². The Labute approximate surface area is 113 Å². The molecular formula is C15H11F3O2. The van der Waals surface area contributed by atoms with E-state index < -0.39 is 34.9 Å². The lowest BCUT2D eigenvalue weighted by Crippen LogP contribution is -2.13. The Kier molecular flexibility index (Phi) is 3.79. The van der Waals surface area contributed by atoms with Crippen LogP contribution in [0.3, 0.4) is 0 Å². The molecule has 1 atom stereocenters. The number of hydrogen-bond acceptors (Lipinski definition) is 1. The molecule has 0 bridgehead atoms. The van der Waals surface area contributed by atoms with E-state index in [1.807, 2.05) is 0 Å². The normalized spacial score (nSPS) is 12.2. The van der Waals surface area contributed by atoms with Gasteiger partial charge in [-0.3, -0.25) is 4.79 Å². The molecule has 5 heteroatoms. The lowest BCUT2D eigenvalue weighted by Gasteiger charge is -2.13. The molecule has 0 saturated carbocycles. The third-order valence-electron chi connectivity index (χ3n) is 3.08. The van der Waals surface area contributed by atoms with Crippen molar-refractivity contribution in [3.05, 3.63) is 59.4 Å². The van der Waals surface area contributed by atoms with Gasteiger partial charge in [0.25, 0.3) is 0 Å². The largest absolute Gasteiger partial charge is 0.481 e. The molecule has 1 N–H and O–H groups in total. The summed E-state index contributed by atoms with van der Waals surface area (Å²) in [6.07, 6.45) is 0. The highest BCUT2D eigenvalue weighted by Crippen LogP contribution is 2.31. The molecule has 0 radical (unpaired) electrons. The summed E-state index contributed by atoms with van der Waals surface area (Å²) in [6, 6.07) is 8.75. The van der Waals surface area contributed by atoms with Crippen molar-refractivity contribution in [1.82, 2.24) is 0 Å². The summed E-state index contributed by atoms with van der Waals surface area (Å²) in [5.74, 6) is -6.67. The second-order valence-electron chi connectivity index (χ2n) is 4.37. The van der Waals surface area contributed by atoms with Crippen LogP contribution in [0.15, 0.2) is 36.4 Å². The van der Waals surface area contributed by atoms with Crippen molar-refractivity contribution in [3.8, 4) is 11.1 Å². The monoisotopic (exact) mass is 280 g/mol. The maximum absolute atomic E-state index is 14.0. The molecule has 0 aliphatic rings. The number of benzene rings is 2. The molecule has 2 aromatic carbocycles. The van der Waals surface area contributed by atoms with Gasteiger partial charge >= 0.3 is 5.97 Å². The number of carboxylic acid groups (broad SMARTS) is 1. The van der Waals surface area contributed by atoms with Gasteiger partial charge in [0.2, 0.25) is 0 Å². The van der Waals surface area contributed by atoms with E-state index in [-0.39, 0.29) is 5.56 Å². The van der Waals surface area contributed by atoms with Crippen LogP contribution in [-0.4, -0.2) is 11.1 Å². The lowest BCUT2D eigenvalue weighted by atomic mass is 9.95. The van der Waals surface area contributed by atoms with Crippen molar-refractivity contribution in [2.45, 2.75) is 12.8 Å². The highest BCUT2D eigenvalue weighted by Gasteiger charge is 2.27. The van der Waals surface area contributed by atoms with Crippen LogP contribution in [0.4, 0.5) is 13.2 Å². The Bertz CT molecular complexity index is 654. The Hall–Kier alpha value is -2.30. The van der Waals surface area contributed by atoms with Crippen molar-refractivity contribution in [1.29, 1.82) is 0 Å². The molecule has 0 aliphatic heterocycles. The van der Waals surface area contributed by atoms with E-state index in [0.717, 1.165) is 13.0 Å². The van der Waals surface area contributed by atoms with Gasteiger partial charge in [0.15, 0.2) is 11.6 Å². The summed E-state index contributed by atoms with van der Waals surface area (Å²) in [5.41, 5.74) is -0.686. The van der Waals surface area contributed by atoms with Crippen LogP contribution < -0.4 is 0 Å². The number of carboxylic acids is 1. The summed E-state index contributed by atoms with van der Waals surface area (Å²) >= 11 is 0. The highest BCUT2D eigenvalue weighted by atomic mass is 19.2. The maximum atomic E-state index is 14.0. The molecule has 0 amide bonds. The van der Waals surface area contributed by atoms with Gasteiger partial charge in [-0.15, -0.1) is 0 Å². The third-order valence-corrected chi connectivity index (χ3v) is 3.08. The molecule has 2 rings (SSSR count). The molecule has 2 nitrogen and oxygen atoms in total. The molecule has 2 aromatic rings. The summed E-state index contributed by atoms with van der Waals surface area (Å²) in [5, 5.41) is 8.81. The highest BCUT2D eigenvalue weighted by molar-refractivity contribution is 5.76. The second kappa shape index (κ2) is 5.36. The van der Waals surface area contributed by atoms with Crippen LogP contribution in [0.1, 0.15) is 18.4 Å². The van der Waals surface area contributed by atoms with Crippen molar-refractivity contribution in [2.24, 2.45) is 0 Å². The summed E-state index contributed by atoms with van der Waals surface area (Å²) < 4.78 is 41.9. The zero-order chi connectivity index (χ0) is 14.9. The average molecular weight is 280 g/mol. The van der Waals surface area contributed by atoms with Gasteiger partial charge in [-0.05, 0) is 18.6 Å². The summed E-state index contributed by atoms with van der Waals surface area (Å²) in [6.45, 7) is 1.10. The molecule has 0 aliphatic carbocycles. The maximum Gasteiger partial charge on any atom is 0.310 e. The number of carbonyl (C=O) groups is 1. The first-order valence-corrected chi connectivity index (χ1v) is 5.89. The Morgan fingerprint density at radius 1 is 1.10 bits per heavy atom. The number of halogens is 3. The van der Waals surface area contributed by atoms with Crippen LogP contribution in [0.2, 0.25) is 0 Å². The third kappa shape index (κ3) is 2.39. The average Bonchev–Trinajstić information content (AvgIpc) is 2.43. The van der Waals surface area contributed by atoms with Crippen LogP contribution in [0.5, 0.6) is 0 Å². The SMILES string of the molecule is CC(C(=O)O)c1c(F)cc(-c2ccccc2)c(F)c1F. The minimum absolute atomic E-state index is 0.234. The van der Waals surface area contributed by atoms with Gasteiger partial charge in [0, 0.05) is 11.1 Å². The first kappa shape index (κ1) is 14.1. The molecule has 0 saturated heterocycles. The van der Waals surface area contributed by atoms with Gasteiger partial charge in [-0.1, -0.05) is 30.3 Å². The minimum Gasteiger partial charge on any atom is -0.481 e. The van der Waals surface area contributed by atoms with Crippen LogP contribution in [0, 0.1) is 17.5 Å². The van der Waals surface area contributed by atoms with Crippen LogP contribution in [0.25, 0.3) is 11.1 Å². The Morgan fingerprint density at radius 2 is 1.70 bits per heavy atom. The fourth-order valence-corrected chi connectivity index (χ4v) is 1.96. The van der Waals surface area contributed by atoms with E-state index in [9.17, 15) is 18.0 Å². The number of rotatable bonds is 3. The lowest BCUT2D eigenvalue weighted by molar-refractivity contribution is -0.138. The zero-order valence-corrected chi connectivity index (χ0v) is 10.5. The van der Waals surface area contributed by atoms with Crippen LogP contribution in [-0.2, 0) is 4.79 Å². The predicted molar refractivity (Wildman–Crippen MR) is 67.8 cm³/mol. The second-order valence-corrected chi connectivity index (χ2v) is 4.37. The van der Waals surface area contributed by atoms with E-state index in [4.69, 9.17) is 5.11 Å². The van der Waals surface area contributed by atoms with Gasteiger partial charge < -0.3 is 5.11 Å². The topological polar surface area (TPSA) is 37.3 Å². The molecule has 20 heavy (non-hydrogen) atoms. The first-order chi connectivity index (χ1) is 9.43. The van der Waals surface area contributed by atoms with Crippen molar-refractivity contribution in [2.75, 3.05) is 0 Å². The molecule has 0 aromatic heterocycles. The molecule has 1 unspecified atom stereocenters. The molecule has 104 valence electrons. The van der Waals surface area contributed by atoms with Crippen molar-refractivity contribution < 1.29 is 23.1 Å². The summed E-state index contributed by atoms with van der Waals surface area (Å²) in [7, 11) is 0. The molecule has 0 fully saturated rings. The number of aliphatic carboxylic acids is 1. The smallest absolute Gasteiger partial charge is 0.310 e. The van der Waals surface area contributed by atoms with Crippen LogP contribution >= 0.6 is 0 Å². The Morgan fingerprint density at radius 3 is 2.25 bits per heavy atom. The van der Waals surface area contributed by atoms with E-state index in [2.05, 4.69) is 0 Å². The van der Waals surface area contributed by atoms with Gasteiger partial charge in [0.05, 0.1) is 5.92 Å². The van der Waals surface area contributed by atoms with E-state index >= 15 is 0 Å². The van der Waals surface area contributed by atoms with Crippen molar-refractivity contribution in [3.63, 3.8) is 0 Å². The fourth-order valence-electron chi connectivity index (χ4n) is 1.96. The van der Waals surface area contributed by atoms with Crippen molar-refractivity contribution >= 4 is 5.97 Å².